The predicted molar refractivity (Wildman–Crippen MR) is 78.9 cm³/mol. The number of benzene rings is 2. The molecule has 4 heteroatoms. The molecule has 0 saturated carbocycles. The minimum absolute atomic E-state index is 0.236. The summed E-state index contributed by atoms with van der Waals surface area (Å²) >= 11 is 3.36. The molecule has 2 aromatic carbocycles. The Morgan fingerprint density at radius 3 is 2.53 bits per heavy atom. The molecule has 0 spiro atoms. The van der Waals surface area contributed by atoms with Crippen LogP contribution in [0.4, 0.5) is 5.69 Å². The molecule has 2 N–H and O–H groups in total. The minimum atomic E-state index is -0.390. The standard InChI is InChI=1S/C15H14BrNO2/c1-10-3-2-4-13(17)14(10)15(18)19-9-11-5-7-12(16)8-6-11/h2-8H,9,17H2,1H3. The maximum absolute atomic E-state index is 12.0. The van der Waals surface area contributed by atoms with Crippen LogP contribution in [0.5, 0.6) is 0 Å². The summed E-state index contributed by atoms with van der Waals surface area (Å²) in [5.41, 5.74) is 8.45. The minimum Gasteiger partial charge on any atom is -0.457 e. The van der Waals surface area contributed by atoms with E-state index in [-0.39, 0.29) is 6.61 Å². The Morgan fingerprint density at radius 1 is 1.21 bits per heavy atom. The van der Waals surface area contributed by atoms with Gasteiger partial charge < -0.3 is 10.5 Å². The average Bonchev–Trinajstić information content (AvgIpc) is 2.38. The van der Waals surface area contributed by atoms with Gasteiger partial charge in [0.15, 0.2) is 0 Å². The Labute approximate surface area is 120 Å². The van der Waals surface area contributed by atoms with Crippen LogP contribution < -0.4 is 5.73 Å². The Morgan fingerprint density at radius 2 is 1.89 bits per heavy atom. The van der Waals surface area contributed by atoms with Crippen LogP contribution in [-0.2, 0) is 11.3 Å². The van der Waals surface area contributed by atoms with E-state index >= 15 is 0 Å². The highest BCUT2D eigenvalue weighted by atomic mass is 79.9. The van der Waals surface area contributed by atoms with Crippen molar-refractivity contribution in [2.45, 2.75) is 13.5 Å². The quantitative estimate of drug-likeness (QED) is 0.693. The van der Waals surface area contributed by atoms with Crippen LogP contribution >= 0.6 is 15.9 Å². The first kappa shape index (κ1) is 13.6. The summed E-state index contributed by atoms with van der Waals surface area (Å²) < 4.78 is 6.27. The number of carbonyl (C=O) groups is 1. The first-order valence-electron chi connectivity index (χ1n) is 5.84. The molecule has 0 aliphatic carbocycles. The number of anilines is 1. The van der Waals surface area contributed by atoms with Gasteiger partial charge in [0.25, 0.3) is 0 Å². The normalized spacial score (nSPS) is 10.2. The van der Waals surface area contributed by atoms with E-state index in [1.807, 2.05) is 43.3 Å². The SMILES string of the molecule is Cc1cccc(N)c1C(=O)OCc1ccc(Br)cc1. The lowest BCUT2D eigenvalue weighted by Gasteiger charge is -2.09. The Hall–Kier alpha value is -1.81. The third-order valence-corrected chi connectivity index (χ3v) is 3.32. The second kappa shape index (κ2) is 5.89. The highest BCUT2D eigenvalue weighted by Crippen LogP contribution is 2.18. The zero-order valence-electron chi connectivity index (χ0n) is 10.5. The summed E-state index contributed by atoms with van der Waals surface area (Å²) in [6, 6.07) is 13.0. The molecule has 0 aromatic heterocycles. The summed E-state index contributed by atoms with van der Waals surface area (Å²) in [6.45, 7) is 2.08. The van der Waals surface area contributed by atoms with Crippen molar-refractivity contribution in [1.82, 2.24) is 0 Å². The molecule has 2 rings (SSSR count). The van der Waals surface area contributed by atoms with Gasteiger partial charge in [-0.15, -0.1) is 0 Å². The van der Waals surface area contributed by atoms with E-state index in [0.29, 0.717) is 11.3 Å². The lowest BCUT2D eigenvalue weighted by Crippen LogP contribution is -2.10. The highest BCUT2D eigenvalue weighted by Gasteiger charge is 2.13. The summed E-state index contributed by atoms with van der Waals surface area (Å²) in [7, 11) is 0. The summed E-state index contributed by atoms with van der Waals surface area (Å²) in [4.78, 5) is 12.0. The number of hydrogen-bond donors (Lipinski definition) is 1. The first-order valence-corrected chi connectivity index (χ1v) is 6.64. The van der Waals surface area contributed by atoms with Crippen LogP contribution in [0.25, 0.3) is 0 Å². The molecular formula is C15H14BrNO2. The summed E-state index contributed by atoms with van der Waals surface area (Å²) in [5, 5.41) is 0. The summed E-state index contributed by atoms with van der Waals surface area (Å²) in [5.74, 6) is -0.390. The lowest BCUT2D eigenvalue weighted by atomic mass is 10.1. The van der Waals surface area contributed by atoms with Crippen molar-refractivity contribution in [1.29, 1.82) is 0 Å². The molecule has 2 aromatic rings. The molecule has 0 bridgehead atoms. The van der Waals surface area contributed by atoms with Gasteiger partial charge in [-0.3, -0.25) is 0 Å². The molecule has 98 valence electrons. The number of nitrogens with two attached hydrogens (primary N) is 1. The van der Waals surface area contributed by atoms with Crippen molar-refractivity contribution in [3.63, 3.8) is 0 Å². The molecule has 0 radical (unpaired) electrons. The zero-order valence-corrected chi connectivity index (χ0v) is 12.1. The third-order valence-electron chi connectivity index (χ3n) is 2.79. The monoisotopic (exact) mass is 319 g/mol. The fourth-order valence-electron chi connectivity index (χ4n) is 1.77. The maximum Gasteiger partial charge on any atom is 0.340 e. The number of hydrogen-bond acceptors (Lipinski definition) is 3. The number of nitrogen functional groups attached to an aromatic ring is 1. The van der Waals surface area contributed by atoms with E-state index in [2.05, 4.69) is 15.9 Å². The van der Waals surface area contributed by atoms with Gasteiger partial charge in [0.2, 0.25) is 0 Å². The van der Waals surface area contributed by atoms with Crippen LogP contribution in [0.3, 0.4) is 0 Å². The molecule has 0 fully saturated rings. The third kappa shape index (κ3) is 3.35. The Balaban J connectivity index is 2.07. The first-order chi connectivity index (χ1) is 9.08. The molecule has 3 nitrogen and oxygen atoms in total. The number of halogens is 1. The Bertz CT molecular complexity index is 573. The van der Waals surface area contributed by atoms with Crippen molar-refractivity contribution in [3.05, 3.63) is 63.6 Å². The Kier molecular flexibility index (Phi) is 4.22. The van der Waals surface area contributed by atoms with E-state index in [0.717, 1.165) is 15.6 Å². The van der Waals surface area contributed by atoms with Crippen LogP contribution in [0, 0.1) is 6.92 Å². The van der Waals surface area contributed by atoms with Gasteiger partial charge in [-0.05, 0) is 36.2 Å². The second-order valence-corrected chi connectivity index (χ2v) is 5.16. The number of esters is 1. The molecule has 0 aliphatic rings. The molecule has 0 saturated heterocycles. The van der Waals surface area contributed by atoms with Gasteiger partial charge >= 0.3 is 5.97 Å². The van der Waals surface area contributed by atoms with Gasteiger partial charge in [-0.2, -0.15) is 0 Å². The summed E-state index contributed by atoms with van der Waals surface area (Å²) in [6.07, 6.45) is 0. The van der Waals surface area contributed by atoms with Crippen molar-refractivity contribution in [3.8, 4) is 0 Å². The number of rotatable bonds is 3. The average molecular weight is 320 g/mol. The van der Waals surface area contributed by atoms with E-state index in [1.165, 1.54) is 0 Å². The van der Waals surface area contributed by atoms with Crippen molar-refractivity contribution < 1.29 is 9.53 Å². The molecule has 0 aliphatic heterocycles. The van der Waals surface area contributed by atoms with E-state index < -0.39 is 5.97 Å². The number of aryl methyl sites for hydroxylation is 1. The fraction of sp³-hybridized carbons (Fsp3) is 0.133. The van der Waals surface area contributed by atoms with E-state index in [9.17, 15) is 4.79 Å². The lowest BCUT2D eigenvalue weighted by molar-refractivity contribution is 0.0473. The van der Waals surface area contributed by atoms with Crippen molar-refractivity contribution in [2.75, 3.05) is 5.73 Å². The fourth-order valence-corrected chi connectivity index (χ4v) is 2.04. The topological polar surface area (TPSA) is 52.3 Å². The second-order valence-electron chi connectivity index (χ2n) is 4.24. The van der Waals surface area contributed by atoms with Crippen LogP contribution in [0.2, 0.25) is 0 Å². The molecular weight excluding hydrogens is 306 g/mol. The molecule has 0 atom stereocenters. The van der Waals surface area contributed by atoms with Gasteiger partial charge in [0, 0.05) is 10.2 Å². The molecule has 19 heavy (non-hydrogen) atoms. The van der Waals surface area contributed by atoms with Crippen LogP contribution in [0.1, 0.15) is 21.5 Å². The van der Waals surface area contributed by atoms with Gasteiger partial charge in [0.1, 0.15) is 6.61 Å². The van der Waals surface area contributed by atoms with Gasteiger partial charge in [-0.25, -0.2) is 4.79 Å². The van der Waals surface area contributed by atoms with E-state index in [4.69, 9.17) is 10.5 Å². The van der Waals surface area contributed by atoms with Crippen molar-refractivity contribution >= 4 is 27.6 Å². The van der Waals surface area contributed by atoms with Crippen LogP contribution in [0.15, 0.2) is 46.9 Å². The predicted octanol–water partition coefficient (Wildman–Crippen LogP) is 3.70. The number of ether oxygens (including phenoxy) is 1. The van der Waals surface area contributed by atoms with Gasteiger partial charge in [0.05, 0.1) is 5.56 Å². The molecule has 0 amide bonds. The maximum atomic E-state index is 12.0. The highest BCUT2D eigenvalue weighted by molar-refractivity contribution is 9.10. The largest absolute Gasteiger partial charge is 0.457 e. The van der Waals surface area contributed by atoms with Crippen LogP contribution in [-0.4, -0.2) is 5.97 Å². The van der Waals surface area contributed by atoms with E-state index in [1.54, 1.807) is 6.07 Å². The number of carbonyl (C=O) groups excluding carboxylic acids is 1. The zero-order chi connectivity index (χ0) is 13.8. The molecule has 0 unspecified atom stereocenters. The molecule has 0 heterocycles. The van der Waals surface area contributed by atoms with Crippen molar-refractivity contribution in [2.24, 2.45) is 0 Å². The van der Waals surface area contributed by atoms with Gasteiger partial charge in [-0.1, -0.05) is 40.2 Å². The smallest absolute Gasteiger partial charge is 0.340 e.